The van der Waals surface area contributed by atoms with Crippen LogP contribution in [0.3, 0.4) is 0 Å². The molecule has 7 nitrogen and oxygen atoms in total. The van der Waals surface area contributed by atoms with Crippen molar-refractivity contribution in [2.24, 2.45) is 0 Å². The zero-order valence-electron chi connectivity index (χ0n) is 13.8. The minimum atomic E-state index is -3.06. The molecule has 1 N–H and O–H groups in total. The van der Waals surface area contributed by atoms with Crippen LogP contribution >= 0.6 is 11.3 Å². The van der Waals surface area contributed by atoms with Crippen LogP contribution in [0.2, 0.25) is 0 Å². The van der Waals surface area contributed by atoms with Gasteiger partial charge in [0.25, 0.3) is 11.8 Å². The molecule has 2 aromatic rings. The molecule has 9 heteroatoms. The number of anilines is 1. The Morgan fingerprint density at radius 3 is 2.76 bits per heavy atom. The van der Waals surface area contributed by atoms with Crippen molar-refractivity contribution >= 4 is 38.0 Å². The van der Waals surface area contributed by atoms with Gasteiger partial charge in [-0.05, 0) is 37.1 Å². The van der Waals surface area contributed by atoms with Gasteiger partial charge in [-0.1, -0.05) is 0 Å². The first kappa shape index (κ1) is 17.7. The van der Waals surface area contributed by atoms with E-state index in [-0.39, 0.29) is 35.1 Å². The highest BCUT2D eigenvalue weighted by Gasteiger charge is 2.34. The average molecular weight is 382 g/mol. The number of rotatable bonds is 4. The molecule has 0 spiro atoms. The van der Waals surface area contributed by atoms with Crippen LogP contribution in [0.5, 0.6) is 0 Å². The van der Waals surface area contributed by atoms with E-state index < -0.39 is 9.84 Å². The summed E-state index contributed by atoms with van der Waals surface area (Å²) in [4.78, 5) is 26.7. The van der Waals surface area contributed by atoms with Crippen molar-refractivity contribution in [3.05, 3.63) is 40.7 Å². The summed E-state index contributed by atoms with van der Waals surface area (Å²) in [5, 5.41) is 3.24. The summed E-state index contributed by atoms with van der Waals surface area (Å²) in [6.07, 6.45) is 1.87. The molecule has 0 aliphatic carbocycles. The zero-order chi connectivity index (χ0) is 18.2. The highest BCUT2D eigenvalue weighted by molar-refractivity contribution is 7.91. The molecule has 25 heavy (non-hydrogen) atoms. The van der Waals surface area contributed by atoms with Gasteiger partial charge in [0.2, 0.25) is 0 Å². The number of amides is 2. The standard InChI is InChI=1S/C16H18N2O5S2/c1-10-8-13(17-15(19)12-4-3-6-23-12)24-14(10)16(20)18(2)11-5-7-25(21,22)9-11/h3-4,6,8,11H,5,7,9H2,1-2H3,(H,17,19). The van der Waals surface area contributed by atoms with Gasteiger partial charge in [0.05, 0.1) is 27.6 Å². The minimum Gasteiger partial charge on any atom is -0.459 e. The van der Waals surface area contributed by atoms with Crippen molar-refractivity contribution in [3.63, 3.8) is 0 Å². The van der Waals surface area contributed by atoms with Crippen molar-refractivity contribution in [2.75, 3.05) is 23.9 Å². The molecule has 1 aliphatic heterocycles. The molecule has 2 aromatic heterocycles. The number of nitrogens with zero attached hydrogens (tertiary/aromatic N) is 1. The van der Waals surface area contributed by atoms with Crippen molar-refractivity contribution in [3.8, 4) is 0 Å². The van der Waals surface area contributed by atoms with Gasteiger partial charge < -0.3 is 14.6 Å². The maximum atomic E-state index is 12.7. The van der Waals surface area contributed by atoms with Crippen molar-refractivity contribution in [1.29, 1.82) is 0 Å². The highest BCUT2D eigenvalue weighted by Crippen LogP contribution is 2.29. The lowest BCUT2D eigenvalue weighted by atomic mass is 10.2. The van der Waals surface area contributed by atoms with E-state index in [1.807, 2.05) is 0 Å². The summed E-state index contributed by atoms with van der Waals surface area (Å²) < 4.78 is 28.3. The number of sulfone groups is 1. The molecule has 1 atom stereocenters. The van der Waals surface area contributed by atoms with E-state index in [0.29, 0.717) is 16.3 Å². The molecule has 0 radical (unpaired) electrons. The van der Waals surface area contributed by atoms with Crippen molar-refractivity contribution in [2.45, 2.75) is 19.4 Å². The van der Waals surface area contributed by atoms with Crippen LogP contribution in [0.25, 0.3) is 0 Å². The first-order chi connectivity index (χ1) is 11.8. The van der Waals surface area contributed by atoms with E-state index in [0.717, 1.165) is 5.56 Å². The van der Waals surface area contributed by atoms with Crippen LogP contribution in [0, 0.1) is 6.92 Å². The predicted octanol–water partition coefficient (Wildman–Crippen LogP) is 2.16. The first-order valence-electron chi connectivity index (χ1n) is 7.70. The van der Waals surface area contributed by atoms with Gasteiger partial charge in [-0.2, -0.15) is 0 Å². The topological polar surface area (TPSA) is 96.7 Å². The van der Waals surface area contributed by atoms with E-state index >= 15 is 0 Å². The Kier molecular flexibility index (Phi) is 4.70. The number of furan rings is 1. The molecule has 2 amide bonds. The monoisotopic (exact) mass is 382 g/mol. The van der Waals surface area contributed by atoms with E-state index in [4.69, 9.17) is 4.42 Å². The van der Waals surface area contributed by atoms with Crippen LogP contribution in [0.4, 0.5) is 5.00 Å². The number of thiophene rings is 1. The lowest BCUT2D eigenvalue weighted by molar-refractivity contribution is 0.0751. The van der Waals surface area contributed by atoms with E-state index in [1.54, 1.807) is 32.2 Å². The molecular formula is C16H18N2O5S2. The predicted molar refractivity (Wildman–Crippen MR) is 94.9 cm³/mol. The highest BCUT2D eigenvalue weighted by atomic mass is 32.2. The fraction of sp³-hybridized carbons (Fsp3) is 0.375. The van der Waals surface area contributed by atoms with Gasteiger partial charge in [-0.3, -0.25) is 9.59 Å². The Bertz CT molecular complexity index is 899. The van der Waals surface area contributed by atoms with Crippen LogP contribution in [-0.4, -0.2) is 49.7 Å². The molecule has 0 saturated carbocycles. The maximum Gasteiger partial charge on any atom is 0.291 e. The maximum absolute atomic E-state index is 12.7. The van der Waals surface area contributed by atoms with E-state index in [9.17, 15) is 18.0 Å². The lowest BCUT2D eigenvalue weighted by Gasteiger charge is -2.23. The summed E-state index contributed by atoms with van der Waals surface area (Å²) in [5.41, 5.74) is 0.734. The molecule has 1 unspecified atom stereocenters. The van der Waals surface area contributed by atoms with Gasteiger partial charge in [-0.25, -0.2) is 8.42 Å². The summed E-state index contributed by atoms with van der Waals surface area (Å²) >= 11 is 1.17. The van der Waals surface area contributed by atoms with Crippen molar-refractivity contribution < 1.29 is 22.4 Å². The molecule has 134 valence electrons. The van der Waals surface area contributed by atoms with Crippen LogP contribution in [-0.2, 0) is 9.84 Å². The van der Waals surface area contributed by atoms with Crippen LogP contribution in [0.15, 0.2) is 28.9 Å². The van der Waals surface area contributed by atoms with E-state index in [1.165, 1.54) is 22.5 Å². The quantitative estimate of drug-likeness (QED) is 0.874. The fourth-order valence-electron chi connectivity index (χ4n) is 2.74. The summed E-state index contributed by atoms with van der Waals surface area (Å²) in [7, 11) is -1.44. The molecule has 1 saturated heterocycles. The third kappa shape index (κ3) is 3.77. The van der Waals surface area contributed by atoms with Gasteiger partial charge >= 0.3 is 0 Å². The largest absolute Gasteiger partial charge is 0.459 e. The Morgan fingerprint density at radius 2 is 2.16 bits per heavy atom. The van der Waals surface area contributed by atoms with Gasteiger partial charge in [0.15, 0.2) is 15.6 Å². The SMILES string of the molecule is Cc1cc(NC(=O)c2ccco2)sc1C(=O)N(C)C1CCS(=O)(=O)C1. The number of nitrogens with one attached hydrogen (secondary N) is 1. The molecule has 0 bridgehead atoms. The average Bonchev–Trinajstić information content (AvgIpc) is 3.26. The second-order valence-electron chi connectivity index (χ2n) is 6.03. The molecule has 3 heterocycles. The Balaban J connectivity index is 1.73. The summed E-state index contributed by atoms with van der Waals surface area (Å²) in [6.45, 7) is 1.78. The second-order valence-corrected chi connectivity index (χ2v) is 9.31. The summed E-state index contributed by atoms with van der Waals surface area (Å²) in [5.74, 6) is -0.318. The van der Waals surface area contributed by atoms with Gasteiger partial charge in [-0.15, -0.1) is 11.3 Å². The lowest BCUT2D eigenvalue weighted by Crippen LogP contribution is -2.37. The number of hydrogen-bond acceptors (Lipinski definition) is 6. The number of carbonyl (C=O) groups excluding carboxylic acids is 2. The minimum absolute atomic E-state index is 0.00174. The Morgan fingerprint density at radius 1 is 1.40 bits per heavy atom. The number of aryl methyl sites for hydroxylation is 1. The Hall–Kier alpha value is -2.13. The normalized spacial score (nSPS) is 18.9. The molecule has 1 fully saturated rings. The molecule has 1 aliphatic rings. The molecular weight excluding hydrogens is 364 g/mol. The van der Waals surface area contributed by atoms with Crippen LogP contribution < -0.4 is 5.32 Å². The van der Waals surface area contributed by atoms with Crippen LogP contribution in [0.1, 0.15) is 32.2 Å². The fourth-order valence-corrected chi connectivity index (χ4v) is 5.57. The third-order valence-corrected chi connectivity index (χ3v) is 7.06. The summed E-state index contributed by atoms with van der Waals surface area (Å²) in [6, 6.07) is 4.59. The third-order valence-electron chi connectivity index (χ3n) is 4.17. The van der Waals surface area contributed by atoms with E-state index in [2.05, 4.69) is 5.32 Å². The molecule has 3 rings (SSSR count). The molecule has 0 aromatic carbocycles. The number of carbonyl (C=O) groups is 2. The van der Waals surface area contributed by atoms with Gasteiger partial charge in [0, 0.05) is 13.1 Å². The van der Waals surface area contributed by atoms with Crippen molar-refractivity contribution in [1.82, 2.24) is 4.90 Å². The zero-order valence-corrected chi connectivity index (χ0v) is 15.4. The number of hydrogen-bond donors (Lipinski definition) is 1. The second kappa shape index (κ2) is 6.64. The smallest absolute Gasteiger partial charge is 0.291 e. The first-order valence-corrected chi connectivity index (χ1v) is 10.3. The Labute approximate surface area is 149 Å². The van der Waals surface area contributed by atoms with Gasteiger partial charge in [0.1, 0.15) is 0 Å².